The quantitative estimate of drug-likeness (QED) is 0.746. The molecule has 2 unspecified atom stereocenters. The summed E-state index contributed by atoms with van der Waals surface area (Å²) in [5.74, 6) is 0.348. The molecule has 2 amide bonds. The molecule has 1 fully saturated rings. The Hall–Kier alpha value is -1.07. The van der Waals surface area contributed by atoms with Crippen molar-refractivity contribution in [1.82, 2.24) is 4.90 Å². The highest BCUT2D eigenvalue weighted by molar-refractivity contribution is 7.10. The van der Waals surface area contributed by atoms with E-state index < -0.39 is 0 Å². The second kappa shape index (κ2) is 4.20. The van der Waals surface area contributed by atoms with Gasteiger partial charge in [-0.1, -0.05) is 6.07 Å². The second-order valence-corrected chi connectivity index (χ2v) is 4.93. The first-order chi connectivity index (χ1) is 7.16. The minimum atomic E-state index is -0.369. The van der Waals surface area contributed by atoms with Crippen molar-refractivity contribution in [1.29, 1.82) is 0 Å². The van der Waals surface area contributed by atoms with Gasteiger partial charge in [-0.2, -0.15) is 0 Å². The highest BCUT2D eigenvalue weighted by Gasteiger charge is 2.28. The van der Waals surface area contributed by atoms with Gasteiger partial charge in [-0.3, -0.25) is 0 Å². The van der Waals surface area contributed by atoms with Gasteiger partial charge in [0.2, 0.25) is 0 Å². The zero-order valence-corrected chi connectivity index (χ0v) is 9.24. The number of amides is 2. The number of nitrogens with two attached hydrogens (primary N) is 2. The normalized spacial score (nSPS) is 26.6. The highest BCUT2D eigenvalue weighted by Crippen LogP contribution is 2.29. The number of carbonyl (C=O) groups is 1. The molecule has 15 heavy (non-hydrogen) atoms. The molecule has 5 heteroatoms. The molecule has 0 bridgehead atoms. The molecule has 2 heterocycles. The van der Waals surface area contributed by atoms with Gasteiger partial charge in [0.05, 0.1) is 0 Å². The van der Waals surface area contributed by atoms with Gasteiger partial charge in [-0.15, -0.1) is 11.3 Å². The Bertz CT molecular complexity index is 338. The number of nitrogens with zero attached hydrogens (tertiary/aromatic N) is 1. The maximum absolute atomic E-state index is 11.1. The van der Waals surface area contributed by atoms with E-state index in [1.54, 1.807) is 16.2 Å². The molecule has 0 saturated carbocycles. The maximum Gasteiger partial charge on any atom is 0.314 e. The van der Waals surface area contributed by atoms with Gasteiger partial charge in [-0.05, 0) is 17.9 Å². The van der Waals surface area contributed by atoms with E-state index in [0.29, 0.717) is 19.0 Å². The van der Waals surface area contributed by atoms with E-state index in [2.05, 4.69) is 6.07 Å². The Morgan fingerprint density at radius 2 is 2.33 bits per heavy atom. The first kappa shape index (κ1) is 10.4. The Morgan fingerprint density at radius 1 is 1.53 bits per heavy atom. The number of urea groups is 1. The fourth-order valence-electron chi connectivity index (χ4n) is 2.05. The summed E-state index contributed by atoms with van der Waals surface area (Å²) in [4.78, 5) is 14.0. The molecule has 2 rings (SSSR count). The van der Waals surface area contributed by atoms with E-state index >= 15 is 0 Å². The summed E-state index contributed by atoms with van der Waals surface area (Å²) < 4.78 is 0. The summed E-state index contributed by atoms with van der Waals surface area (Å²) in [5, 5.41) is 2.05. The van der Waals surface area contributed by atoms with Crippen LogP contribution in [0.5, 0.6) is 0 Å². The molecule has 82 valence electrons. The van der Waals surface area contributed by atoms with E-state index in [1.165, 1.54) is 4.88 Å². The molecule has 0 spiro atoms. The van der Waals surface area contributed by atoms with Crippen molar-refractivity contribution in [2.75, 3.05) is 13.1 Å². The molecule has 2 atom stereocenters. The Morgan fingerprint density at radius 3 is 2.93 bits per heavy atom. The summed E-state index contributed by atoms with van der Waals surface area (Å²) in [5.41, 5.74) is 11.2. The van der Waals surface area contributed by atoms with Crippen molar-refractivity contribution in [2.45, 2.75) is 18.4 Å². The lowest BCUT2D eigenvalue weighted by atomic mass is 9.93. The Kier molecular flexibility index (Phi) is 2.93. The molecule has 1 aliphatic heterocycles. The first-order valence-electron chi connectivity index (χ1n) is 5.00. The average Bonchev–Trinajstić information content (AvgIpc) is 2.69. The summed E-state index contributed by atoms with van der Waals surface area (Å²) in [6.45, 7) is 1.28. The lowest BCUT2D eigenvalue weighted by Crippen LogP contribution is -2.50. The number of hydrogen-bond donors (Lipinski definition) is 2. The van der Waals surface area contributed by atoms with Crippen molar-refractivity contribution in [3.05, 3.63) is 22.4 Å². The van der Waals surface area contributed by atoms with Gasteiger partial charge < -0.3 is 16.4 Å². The highest BCUT2D eigenvalue weighted by atomic mass is 32.1. The third kappa shape index (κ3) is 2.30. The van der Waals surface area contributed by atoms with Crippen LogP contribution in [-0.2, 0) is 0 Å². The molecular formula is C10H15N3OS. The molecule has 1 aromatic rings. The van der Waals surface area contributed by atoms with Crippen LogP contribution in [0.2, 0.25) is 0 Å². The van der Waals surface area contributed by atoms with Gasteiger partial charge in [-0.25, -0.2) is 4.79 Å². The molecule has 1 aromatic heterocycles. The van der Waals surface area contributed by atoms with Crippen molar-refractivity contribution >= 4 is 17.4 Å². The number of primary amides is 1. The monoisotopic (exact) mass is 225 g/mol. The van der Waals surface area contributed by atoms with E-state index in [4.69, 9.17) is 11.5 Å². The van der Waals surface area contributed by atoms with Crippen LogP contribution < -0.4 is 11.5 Å². The predicted molar refractivity (Wildman–Crippen MR) is 60.8 cm³/mol. The molecule has 1 saturated heterocycles. The van der Waals surface area contributed by atoms with Crippen molar-refractivity contribution in [3.63, 3.8) is 0 Å². The van der Waals surface area contributed by atoms with E-state index in [1.807, 2.05) is 11.4 Å². The lowest BCUT2D eigenvalue weighted by molar-refractivity contribution is 0.181. The maximum atomic E-state index is 11.1. The molecular weight excluding hydrogens is 210 g/mol. The van der Waals surface area contributed by atoms with Crippen LogP contribution >= 0.6 is 11.3 Å². The zero-order chi connectivity index (χ0) is 10.8. The molecule has 1 aliphatic rings. The largest absolute Gasteiger partial charge is 0.351 e. The standard InChI is InChI=1S/C10H15N3OS/c11-8-4-7(9-2-1-3-15-9)5-13(6-8)10(12)14/h1-3,7-8H,4-6,11H2,(H2,12,14). The number of likely N-dealkylation sites (tertiary alicyclic amines) is 1. The van der Waals surface area contributed by atoms with Gasteiger partial charge in [0.25, 0.3) is 0 Å². The van der Waals surface area contributed by atoms with E-state index in [0.717, 1.165) is 6.42 Å². The number of carbonyl (C=O) groups excluding carboxylic acids is 1. The van der Waals surface area contributed by atoms with Gasteiger partial charge in [0.15, 0.2) is 0 Å². The number of hydrogen-bond acceptors (Lipinski definition) is 3. The summed E-state index contributed by atoms with van der Waals surface area (Å²) in [7, 11) is 0. The van der Waals surface area contributed by atoms with Gasteiger partial charge in [0.1, 0.15) is 0 Å². The number of piperidine rings is 1. The van der Waals surface area contributed by atoms with Crippen molar-refractivity contribution in [2.24, 2.45) is 11.5 Å². The second-order valence-electron chi connectivity index (χ2n) is 3.95. The minimum absolute atomic E-state index is 0.0401. The van der Waals surface area contributed by atoms with Crippen LogP contribution in [0.3, 0.4) is 0 Å². The van der Waals surface area contributed by atoms with Crippen molar-refractivity contribution in [3.8, 4) is 0 Å². The van der Waals surface area contributed by atoms with E-state index in [9.17, 15) is 4.79 Å². The third-order valence-corrected chi connectivity index (χ3v) is 3.77. The molecule has 4 nitrogen and oxygen atoms in total. The fraction of sp³-hybridized carbons (Fsp3) is 0.500. The third-order valence-electron chi connectivity index (χ3n) is 2.74. The Balaban J connectivity index is 2.10. The Labute approximate surface area is 92.9 Å². The van der Waals surface area contributed by atoms with E-state index in [-0.39, 0.29) is 12.1 Å². The van der Waals surface area contributed by atoms with Crippen LogP contribution in [-0.4, -0.2) is 30.1 Å². The van der Waals surface area contributed by atoms with Gasteiger partial charge in [0, 0.05) is 29.9 Å². The first-order valence-corrected chi connectivity index (χ1v) is 5.88. The smallest absolute Gasteiger partial charge is 0.314 e. The molecule has 0 aromatic carbocycles. The topological polar surface area (TPSA) is 72.4 Å². The average molecular weight is 225 g/mol. The summed E-state index contributed by atoms with van der Waals surface area (Å²) >= 11 is 1.71. The number of rotatable bonds is 1. The van der Waals surface area contributed by atoms with Crippen LogP contribution in [0.1, 0.15) is 17.2 Å². The minimum Gasteiger partial charge on any atom is -0.351 e. The van der Waals surface area contributed by atoms with Crippen LogP contribution in [0.25, 0.3) is 0 Å². The van der Waals surface area contributed by atoms with Gasteiger partial charge >= 0.3 is 6.03 Å². The summed E-state index contributed by atoms with van der Waals surface area (Å²) in [6.07, 6.45) is 0.935. The SMILES string of the molecule is NC(=O)N1CC(N)CC(c2cccs2)C1. The lowest BCUT2D eigenvalue weighted by Gasteiger charge is -2.34. The van der Waals surface area contributed by atoms with Crippen molar-refractivity contribution < 1.29 is 4.79 Å². The van der Waals surface area contributed by atoms with Crippen LogP contribution in [0.15, 0.2) is 17.5 Å². The molecule has 0 radical (unpaired) electrons. The predicted octanol–water partition coefficient (Wildman–Crippen LogP) is 0.943. The number of thiophene rings is 1. The molecule has 4 N–H and O–H groups in total. The fourth-order valence-corrected chi connectivity index (χ4v) is 2.88. The molecule has 0 aliphatic carbocycles. The van der Waals surface area contributed by atoms with Crippen LogP contribution in [0.4, 0.5) is 4.79 Å². The van der Waals surface area contributed by atoms with Crippen LogP contribution in [0, 0.1) is 0 Å². The zero-order valence-electron chi connectivity index (χ0n) is 8.43. The summed E-state index contributed by atoms with van der Waals surface area (Å²) in [6, 6.07) is 3.78.